The molecule has 9 nitrogen and oxygen atoms in total. The van der Waals surface area contributed by atoms with Crippen LogP contribution in [-0.2, 0) is 14.8 Å². The Kier molecular flexibility index (Phi) is 7.30. The van der Waals surface area contributed by atoms with Gasteiger partial charge in [0.2, 0.25) is 10.0 Å². The van der Waals surface area contributed by atoms with E-state index in [4.69, 9.17) is 27.9 Å². The predicted octanol–water partition coefficient (Wildman–Crippen LogP) is 4.00. The minimum atomic E-state index is -3.70. The number of ether oxygens (including phenoxy) is 1. The summed E-state index contributed by atoms with van der Waals surface area (Å²) in [6, 6.07) is 9.18. The van der Waals surface area contributed by atoms with Crippen molar-refractivity contribution in [1.82, 2.24) is 4.31 Å². The highest BCUT2D eigenvalue weighted by atomic mass is 35.5. The van der Waals surface area contributed by atoms with Crippen LogP contribution in [0.5, 0.6) is 0 Å². The largest absolute Gasteiger partial charge is 0.377 e. The first kappa shape index (κ1) is 24.0. The van der Waals surface area contributed by atoms with Crippen LogP contribution < -0.4 is 10.2 Å². The van der Waals surface area contributed by atoms with Crippen LogP contribution in [0, 0.1) is 10.1 Å². The molecule has 0 saturated carbocycles. The van der Waals surface area contributed by atoms with E-state index < -0.39 is 14.9 Å². The number of nitrogens with one attached hydrogen (secondary N) is 1. The Hall–Kier alpha value is -2.11. The third-order valence-electron chi connectivity index (χ3n) is 5.85. The molecule has 2 saturated heterocycles. The normalized spacial score (nSPS) is 19.6. The van der Waals surface area contributed by atoms with Crippen LogP contribution in [-0.4, -0.2) is 63.1 Å². The quantitative estimate of drug-likeness (QED) is 0.439. The van der Waals surface area contributed by atoms with E-state index in [2.05, 4.69) is 5.32 Å². The lowest BCUT2D eigenvalue weighted by molar-refractivity contribution is -0.383. The molecule has 0 radical (unpaired) electrons. The fraction of sp³-hybridized carbons (Fsp3) is 0.429. The van der Waals surface area contributed by atoms with Crippen LogP contribution in [0.15, 0.2) is 41.3 Å². The second-order valence-corrected chi connectivity index (χ2v) is 10.7. The number of sulfonamides is 1. The van der Waals surface area contributed by atoms with Crippen molar-refractivity contribution >= 4 is 50.3 Å². The summed E-state index contributed by atoms with van der Waals surface area (Å²) in [5.74, 6) is 0. The summed E-state index contributed by atoms with van der Waals surface area (Å²) in [6.07, 6.45) is 1.96. The van der Waals surface area contributed by atoms with E-state index in [1.807, 2.05) is 4.90 Å². The van der Waals surface area contributed by atoms with Gasteiger partial charge in [-0.25, -0.2) is 8.42 Å². The van der Waals surface area contributed by atoms with E-state index in [0.29, 0.717) is 37.0 Å². The average Bonchev–Trinajstić information content (AvgIpc) is 3.33. The number of hydrogen-bond donors (Lipinski definition) is 1. The first-order valence-electron chi connectivity index (χ1n) is 10.6. The van der Waals surface area contributed by atoms with Crippen molar-refractivity contribution in [2.75, 3.05) is 49.5 Å². The Bertz CT molecular complexity index is 1130. The lowest BCUT2D eigenvalue weighted by Gasteiger charge is -2.35. The summed E-state index contributed by atoms with van der Waals surface area (Å²) in [5, 5.41) is 15.1. The van der Waals surface area contributed by atoms with Crippen LogP contribution in [0.2, 0.25) is 10.0 Å². The number of halogens is 2. The van der Waals surface area contributed by atoms with Gasteiger partial charge >= 0.3 is 0 Å². The molecule has 2 aliphatic heterocycles. The topological polar surface area (TPSA) is 105 Å². The van der Waals surface area contributed by atoms with Gasteiger partial charge < -0.3 is 15.0 Å². The Balaban J connectivity index is 1.45. The summed E-state index contributed by atoms with van der Waals surface area (Å²) in [7, 11) is -3.70. The number of nitrogens with zero attached hydrogens (tertiary/aromatic N) is 3. The molecule has 0 bridgehead atoms. The molecule has 0 aliphatic carbocycles. The number of nitro groups is 1. The van der Waals surface area contributed by atoms with E-state index in [0.717, 1.165) is 18.5 Å². The van der Waals surface area contributed by atoms with Crippen molar-refractivity contribution in [2.24, 2.45) is 0 Å². The Labute approximate surface area is 202 Å². The fourth-order valence-corrected chi connectivity index (χ4v) is 5.84. The summed E-state index contributed by atoms with van der Waals surface area (Å²) in [4.78, 5) is 13.2. The summed E-state index contributed by atoms with van der Waals surface area (Å²) in [6.45, 7) is 2.66. The van der Waals surface area contributed by atoms with Crippen LogP contribution in [0.3, 0.4) is 0 Å². The smallest absolute Gasteiger partial charge is 0.292 e. The van der Waals surface area contributed by atoms with E-state index >= 15 is 0 Å². The van der Waals surface area contributed by atoms with Crippen molar-refractivity contribution in [3.8, 4) is 0 Å². The highest BCUT2D eigenvalue weighted by molar-refractivity contribution is 7.89. The van der Waals surface area contributed by atoms with Crippen molar-refractivity contribution in [3.05, 3.63) is 56.6 Å². The second kappa shape index (κ2) is 10.0. The van der Waals surface area contributed by atoms with Crippen molar-refractivity contribution < 1.29 is 18.1 Å². The zero-order chi connectivity index (χ0) is 23.6. The molecule has 0 spiro atoms. The van der Waals surface area contributed by atoms with Crippen molar-refractivity contribution in [3.63, 3.8) is 0 Å². The van der Waals surface area contributed by atoms with Gasteiger partial charge in [0.25, 0.3) is 5.69 Å². The second-order valence-electron chi connectivity index (χ2n) is 7.94. The number of hydrogen-bond acceptors (Lipinski definition) is 7. The Morgan fingerprint density at radius 1 is 1.09 bits per heavy atom. The molecule has 0 amide bonds. The zero-order valence-electron chi connectivity index (χ0n) is 17.7. The van der Waals surface area contributed by atoms with Crippen LogP contribution in [0.25, 0.3) is 0 Å². The van der Waals surface area contributed by atoms with Gasteiger partial charge in [0.15, 0.2) is 0 Å². The number of nitro benzene ring substituents is 1. The van der Waals surface area contributed by atoms with Crippen molar-refractivity contribution in [2.45, 2.75) is 23.8 Å². The summed E-state index contributed by atoms with van der Waals surface area (Å²) >= 11 is 11.9. The lowest BCUT2D eigenvalue weighted by atomic mass is 10.2. The molecule has 0 aromatic heterocycles. The van der Waals surface area contributed by atoms with Crippen LogP contribution in [0.1, 0.15) is 12.8 Å². The van der Waals surface area contributed by atoms with Crippen LogP contribution >= 0.6 is 23.2 Å². The number of anilines is 2. The van der Waals surface area contributed by atoms with E-state index in [1.54, 1.807) is 12.1 Å². The number of piperazine rings is 1. The molecule has 178 valence electrons. The zero-order valence-corrected chi connectivity index (χ0v) is 20.1. The summed E-state index contributed by atoms with van der Waals surface area (Å²) in [5.41, 5.74) is 1.22. The van der Waals surface area contributed by atoms with E-state index in [1.165, 1.54) is 28.6 Å². The molecule has 33 heavy (non-hydrogen) atoms. The maximum atomic E-state index is 13.0. The number of rotatable bonds is 7. The fourth-order valence-electron chi connectivity index (χ4n) is 4.02. The van der Waals surface area contributed by atoms with Gasteiger partial charge in [-0.3, -0.25) is 10.1 Å². The van der Waals surface area contributed by atoms with E-state index in [9.17, 15) is 18.5 Å². The van der Waals surface area contributed by atoms with Gasteiger partial charge in [-0.1, -0.05) is 23.2 Å². The molecule has 1 unspecified atom stereocenters. The van der Waals surface area contributed by atoms with Crippen molar-refractivity contribution in [1.29, 1.82) is 0 Å². The third kappa shape index (κ3) is 5.36. The number of benzene rings is 2. The van der Waals surface area contributed by atoms with Gasteiger partial charge in [0.1, 0.15) is 5.69 Å². The molecule has 2 aromatic rings. The molecular formula is C21H24Cl2N4O5S. The first-order valence-corrected chi connectivity index (χ1v) is 12.8. The minimum Gasteiger partial charge on any atom is -0.377 e. The Morgan fingerprint density at radius 3 is 2.48 bits per heavy atom. The molecule has 12 heteroatoms. The maximum absolute atomic E-state index is 13.0. The maximum Gasteiger partial charge on any atom is 0.292 e. The standard InChI is InChI=1S/C21H24Cl2N4O5S/c22-18-5-4-17(13-19(18)23)33(30,31)26-9-7-25(8-10-26)15-3-6-21(27(28)29)20(12-15)24-14-16-2-1-11-32-16/h3-6,12-13,16,24H,1-2,7-11,14H2. The van der Waals surface area contributed by atoms with Gasteiger partial charge in [-0.05, 0) is 43.2 Å². The molecular weight excluding hydrogens is 491 g/mol. The average molecular weight is 515 g/mol. The third-order valence-corrected chi connectivity index (χ3v) is 8.49. The molecule has 2 aliphatic rings. The molecule has 1 atom stereocenters. The van der Waals surface area contributed by atoms with Gasteiger partial charge in [-0.2, -0.15) is 4.31 Å². The summed E-state index contributed by atoms with van der Waals surface area (Å²) < 4.78 is 33.0. The van der Waals surface area contributed by atoms with Gasteiger partial charge in [0, 0.05) is 51.1 Å². The first-order chi connectivity index (χ1) is 15.8. The molecule has 4 rings (SSSR count). The van der Waals surface area contributed by atoms with Gasteiger partial charge in [-0.15, -0.1) is 0 Å². The monoisotopic (exact) mass is 514 g/mol. The molecule has 2 aromatic carbocycles. The SMILES string of the molecule is O=[N+]([O-])c1ccc(N2CCN(S(=O)(=O)c3ccc(Cl)c(Cl)c3)CC2)cc1NCC1CCCO1. The molecule has 2 fully saturated rings. The van der Waals surface area contributed by atoms with Crippen LogP contribution in [0.4, 0.5) is 17.1 Å². The predicted molar refractivity (Wildman–Crippen MR) is 128 cm³/mol. The lowest BCUT2D eigenvalue weighted by Crippen LogP contribution is -2.48. The molecule has 1 N–H and O–H groups in total. The molecule has 2 heterocycles. The highest BCUT2D eigenvalue weighted by Crippen LogP contribution is 2.32. The van der Waals surface area contributed by atoms with E-state index in [-0.39, 0.29) is 34.8 Å². The van der Waals surface area contributed by atoms with Gasteiger partial charge in [0.05, 0.1) is 26.0 Å². The minimum absolute atomic E-state index is 0.00224. The Morgan fingerprint density at radius 2 is 1.85 bits per heavy atom. The highest BCUT2D eigenvalue weighted by Gasteiger charge is 2.29.